The molecule has 1 aliphatic rings. The van der Waals surface area contributed by atoms with Crippen molar-refractivity contribution in [2.75, 3.05) is 19.7 Å². The van der Waals surface area contributed by atoms with E-state index in [-0.39, 0.29) is 0 Å². The van der Waals surface area contributed by atoms with Crippen molar-refractivity contribution < 1.29 is 5.11 Å². The first kappa shape index (κ1) is 11.0. The van der Waals surface area contributed by atoms with Gasteiger partial charge in [-0.15, -0.1) is 0 Å². The molecular weight excluding hydrogens is 162 g/mol. The van der Waals surface area contributed by atoms with Crippen molar-refractivity contribution in [3.8, 4) is 0 Å². The Kier molecular flexibility index (Phi) is 4.20. The van der Waals surface area contributed by atoms with Gasteiger partial charge in [0.05, 0.1) is 0 Å². The van der Waals surface area contributed by atoms with E-state index in [0.29, 0.717) is 18.6 Å². The standard InChI is InChI=1S/C11H23NO/c1-9(2)6-10(3)12-5-4-11(7-12)8-13/h9-11,13H,4-8H2,1-3H3. The summed E-state index contributed by atoms with van der Waals surface area (Å²) in [5.74, 6) is 1.32. The fourth-order valence-corrected chi connectivity index (χ4v) is 2.24. The largest absolute Gasteiger partial charge is 0.396 e. The third-order valence-electron chi connectivity index (χ3n) is 3.01. The lowest BCUT2D eigenvalue weighted by atomic mass is 10.0. The SMILES string of the molecule is CC(C)CC(C)N1CCC(CO)C1. The Morgan fingerprint density at radius 3 is 2.54 bits per heavy atom. The van der Waals surface area contributed by atoms with E-state index in [1.807, 2.05) is 0 Å². The number of nitrogens with zero attached hydrogens (tertiary/aromatic N) is 1. The number of likely N-dealkylation sites (tertiary alicyclic amines) is 1. The molecule has 0 aromatic heterocycles. The van der Waals surface area contributed by atoms with Crippen LogP contribution in [0.3, 0.4) is 0 Å². The fourth-order valence-electron chi connectivity index (χ4n) is 2.24. The smallest absolute Gasteiger partial charge is 0.0471 e. The van der Waals surface area contributed by atoms with Crippen molar-refractivity contribution in [3.05, 3.63) is 0 Å². The van der Waals surface area contributed by atoms with E-state index in [2.05, 4.69) is 25.7 Å². The maximum absolute atomic E-state index is 9.02. The topological polar surface area (TPSA) is 23.5 Å². The average molecular weight is 185 g/mol. The summed E-state index contributed by atoms with van der Waals surface area (Å²) in [6.45, 7) is 9.50. The molecule has 1 N–H and O–H groups in total. The molecule has 1 aliphatic heterocycles. The van der Waals surface area contributed by atoms with Crippen LogP contribution in [0.15, 0.2) is 0 Å². The predicted molar refractivity (Wildman–Crippen MR) is 55.7 cm³/mol. The summed E-state index contributed by atoms with van der Waals surface area (Å²) < 4.78 is 0. The van der Waals surface area contributed by atoms with Crippen molar-refractivity contribution in [2.24, 2.45) is 11.8 Å². The third-order valence-corrected chi connectivity index (χ3v) is 3.01. The zero-order valence-electron chi connectivity index (χ0n) is 9.16. The van der Waals surface area contributed by atoms with Gasteiger partial charge >= 0.3 is 0 Å². The highest BCUT2D eigenvalue weighted by Crippen LogP contribution is 2.21. The molecule has 0 aliphatic carbocycles. The minimum atomic E-state index is 0.366. The first-order valence-electron chi connectivity index (χ1n) is 5.48. The second-order valence-electron chi connectivity index (χ2n) is 4.81. The maximum Gasteiger partial charge on any atom is 0.0471 e. The highest BCUT2D eigenvalue weighted by Gasteiger charge is 2.25. The number of rotatable bonds is 4. The summed E-state index contributed by atoms with van der Waals surface area (Å²) in [4.78, 5) is 2.51. The van der Waals surface area contributed by atoms with Crippen LogP contribution in [0.1, 0.15) is 33.6 Å². The molecule has 0 amide bonds. The summed E-state index contributed by atoms with van der Waals surface area (Å²) in [6, 6.07) is 0.691. The molecule has 78 valence electrons. The third kappa shape index (κ3) is 3.28. The van der Waals surface area contributed by atoms with Gasteiger partial charge in [0.1, 0.15) is 0 Å². The molecule has 2 atom stereocenters. The van der Waals surface area contributed by atoms with Gasteiger partial charge in [0.25, 0.3) is 0 Å². The van der Waals surface area contributed by atoms with Crippen molar-refractivity contribution in [2.45, 2.75) is 39.7 Å². The van der Waals surface area contributed by atoms with Gasteiger partial charge in [-0.05, 0) is 38.1 Å². The van der Waals surface area contributed by atoms with Crippen molar-refractivity contribution in [1.82, 2.24) is 4.90 Å². The van der Waals surface area contributed by atoms with Gasteiger partial charge in [-0.1, -0.05) is 13.8 Å². The first-order valence-corrected chi connectivity index (χ1v) is 5.48. The van der Waals surface area contributed by atoms with E-state index in [1.165, 1.54) is 19.4 Å². The first-order chi connectivity index (χ1) is 6.13. The van der Waals surface area contributed by atoms with E-state index in [9.17, 15) is 0 Å². The van der Waals surface area contributed by atoms with E-state index >= 15 is 0 Å². The molecule has 1 rings (SSSR count). The van der Waals surface area contributed by atoms with Gasteiger partial charge in [0.2, 0.25) is 0 Å². The van der Waals surface area contributed by atoms with E-state index < -0.39 is 0 Å². The lowest BCUT2D eigenvalue weighted by Crippen LogP contribution is -2.32. The van der Waals surface area contributed by atoms with Crippen LogP contribution >= 0.6 is 0 Å². The molecule has 0 saturated carbocycles. The maximum atomic E-state index is 9.02. The Bertz CT molecular complexity index is 147. The quantitative estimate of drug-likeness (QED) is 0.721. The second kappa shape index (κ2) is 4.97. The molecule has 2 nitrogen and oxygen atoms in total. The van der Waals surface area contributed by atoms with E-state index in [1.54, 1.807) is 0 Å². The summed E-state index contributed by atoms with van der Waals surface area (Å²) in [5, 5.41) is 9.02. The van der Waals surface area contributed by atoms with Crippen molar-refractivity contribution >= 4 is 0 Å². The van der Waals surface area contributed by atoms with E-state index in [0.717, 1.165) is 12.5 Å². The number of aliphatic hydroxyl groups excluding tert-OH is 1. The molecule has 1 fully saturated rings. The summed E-state index contributed by atoms with van der Waals surface area (Å²) >= 11 is 0. The Labute approximate surface area is 81.9 Å². The molecule has 0 radical (unpaired) electrons. The van der Waals surface area contributed by atoms with Crippen molar-refractivity contribution in [1.29, 1.82) is 0 Å². The Morgan fingerprint density at radius 2 is 2.08 bits per heavy atom. The number of aliphatic hydroxyl groups is 1. The Morgan fingerprint density at radius 1 is 1.38 bits per heavy atom. The summed E-state index contributed by atoms with van der Waals surface area (Å²) in [7, 11) is 0. The zero-order chi connectivity index (χ0) is 9.84. The molecule has 0 spiro atoms. The summed E-state index contributed by atoms with van der Waals surface area (Å²) in [6.07, 6.45) is 2.46. The van der Waals surface area contributed by atoms with Crippen LogP contribution in [-0.4, -0.2) is 35.7 Å². The second-order valence-corrected chi connectivity index (χ2v) is 4.81. The van der Waals surface area contributed by atoms with E-state index in [4.69, 9.17) is 5.11 Å². The molecule has 1 saturated heterocycles. The fraction of sp³-hybridized carbons (Fsp3) is 1.00. The highest BCUT2D eigenvalue weighted by molar-refractivity contribution is 4.79. The molecule has 1 heterocycles. The molecule has 2 heteroatoms. The van der Waals surface area contributed by atoms with Crippen LogP contribution in [0.5, 0.6) is 0 Å². The predicted octanol–water partition coefficient (Wildman–Crippen LogP) is 1.74. The number of hydrogen-bond acceptors (Lipinski definition) is 2. The molecular formula is C11H23NO. The monoisotopic (exact) mass is 185 g/mol. The Balaban J connectivity index is 2.28. The van der Waals surface area contributed by atoms with Gasteiger partial charge < -0.3 is 10.0 Å². The van der Waals surface area contributed by atoms with Gasteiger partial charge in [0.15, 0.2) is 0 Å². The molecule has 0 aromatic carbocycles. The van der Waals surface area contributed by atoms with Gasteiger partial charge in [-0.2, -0.15) is 0 Å². The average Bonchev–Trinajstić information content (AvgIpc) is 2.50. The van der Waals surface area contributed by atoms with Crippen LogP contribution in [0.25, 0.3) is 0 Å². The zero-order valence-corrected chi connectivity index (χ0v) is 9.16. The van der Waals surface area contributed by atoms with Gasteiger partial charge in [-0.25, -0.2) is 0 Å². The van der Waals surface area contributed by atoms with Crippen LogP contribution in [0.4, 0.5) is 0 Å². The van der Waals surface area contributed by atoms with Crippen molar-refractivity contribution in [3.63, 3.8) is 0 Å². The number of hydrogen-bond donors (Lipinski definition) is 1. The minimum Gasteiger partial charge on any atom is -0.396 e. The van der Waals surface area contributed by atoms with Crippen LogP contribution in [-0.2, 0) is 0 Å². The van der Waals surface area contributed by atoms with Gasteiger partial charge in [0, 0.05) is 19.2 Å². The molecule has 13 heavy (non-hydrogen) atoms. The molecule has 0 aromatic rings. The van der Waals surface area contributed by atoms with Crippen LogP contribution < -0.4 is 0 Å². The van der Waals surface area contributed by atoms with Crippen LogP contribution in [0.2, 0.25) is 0 Å². The van der Waals surface area contributed by atoms with Crippen LogP contribution in [0, 0.1) is 11.8 Å². The minimum absolute atomic E-state index is 0.366. The molecule has 2 unspecified atom stereocenters. The lowest BCUT2D eigenvalue weighted by Gasteiger charge is -2.25. The lowest BCUT2D eigenvalue weighted by molar-refractivity contribution is 0.192. The van der Waals surface area contributed by atoms with Gasteiger partial charge in [-0.3, -0.25) is 0 Å². The highest BCUT2D eigenvalue weighted by atomic mass is 16.3. The summed E-state index contributed by atoms with van der Waals surface area (Å²) in [5.41, 5.74) is 0. The normalized spacial score (nSPS) is 27.0. The Hall–Kier alpha value is -0.0800. The molecule has 0 bridgehead atoms.